The fourth-order valence-corrected chi connectivity index (χ4v) is 4.81. The lowest BCUT2D eigenvalue weighted by molar-refractivity contribution is 0.174. The molecule has 2 aromatic carbocycles. The lowest BCUT2D eigenvalue weighted by atomic mass is 10.1. The minimum absolute atomic E-state index is 0.106. The molecule has 5 heterocycles. The Balaban J connectivity index is 1.64. The maximum atomic E-state index is 15.0. The van der Waals surface area contributed by atoms with Gasteiger partial charge in [-0.2, -0.15) is 0 Å². The minimum Gasteiger partial charge on any atom is -0.463 e. The third kappa shape index (κ3) is 2.49. The molecule has 0 atom stereocenters. The molecule has 0 unspecified atom stereocenters. The van der Waals surface area contributed by atoms with Gasteiger partial charge in [-0.25, -0.2) is 14.2 Å². The highest BCUT2D eigenvalue weighted by Crippen LogP contribution is 2.41. The van der Waals surface area contributed by atoms with Crippen LogP contribution >= 0.6 is 11.6 Å². The Labute approximate surface area is 188 Å². The fourth-order valence-electron chi connectivity index (χ4n) is 4.59. The lowest BCUT2D eigenvalue weighted by Crippen LogP contribution is -2.09. The third-order valence-electron chi connectivity index (χ3n) is 6.01. The van der Waals surface area contributed by atoms with Gasteiger partial charge in [0.1, 0.15) is 16.9 Å². The number of pyridine rings is 1. The number of rotatable bonds is 2. The number of fused-ring (bicyclic) bond motifs is 8. The Morgan fingerprint density at radius 1 is 1.09 bits per heavy atom. The summed E-state index contributed by atoms with van der Waals surface area (Å²) < 4.78 is 38.8. The summed E-state index contributed by atoms with van der Waals surface area (Å²) in [6, 6.07) is 9.95. The number of hydrogen-bond donors (Lipinski definition) is 0. The van der Waals surface area contributed by atoms with Crippen LogP contribution in [0.3, 0.4) is 0 Å². The molecule has 162 valence electrons. The minimum atomic E-state index is -0.593. The van der Waals surface area contributed by atoms with Gasteiger partial charge in [0.2, 0.25) is 12.5 Å². The summed E-state index contributed by atoms with van der Waals surface area (Å²) in [6.45, 7) is 0.270. The molecule has 9 heteroatoms. The summed E-state index contributed by atoms with van der Waals surface area (Å²) in [5.41, 5.74) is 1.36. The first-order chi connectivity index (χ1) is 16.1. The van der Waals surface area contributed by atoms with Crippen LogP contribution in [-0.4, -0.2) is 16.3 Å². The van der Waals surface area contributed by atoms with Crippen LogP contribution in [0, 0.1) is 5.82 Å². The Bertz CT molecular complexity index is 1830. The molecule has 4 aromatic heterocycles. The molecule has 0 fully saturated rings. The number of furan rings is 1. The first-order valence-electron chi connectivity index (χ1n) is 10.1. The standard InChI is InChI=1S/C24H12ClFN2O5/c25-14-7-18-17(31-10-32-18)6-11(14)9-28-16-8-15(26)12-3-5-30-22(12)20(16)19-13-2-1-4-27-23(13)33-24(29)21(19)28/h1-8H,9-10H2. The fraction of sp³-hybridized carbons (Fsp3) is 0.0833. The molecule has 33 heavy (non-hydrogen) atoms. The van der Waals surface area contributed by atoms with Crippen molar-refractivity contribution in [1.29, 1.82) is 0 Å². The Hall–Kier alpha value is -4.04. The van der Waals surface area contributed by atoms with E-state index >= 15 is 4.39 Å². The zero-order valence-electron chi connectivity index (χ0n) is 16.7. The van der Waals surface area contributed by atoms with E-state index in [1.54, 1.807) is 35.0 Å². The Morgan fingerprint density at radius 2 is 1.94 bits per heavy atom. The smallest absolute Gasteiger partial charge is 0.362 e. The van der Waals surface area contributed by atoms with Crippen LogP contribution in [0.15, 0.2) is 62.5 Å². The van der Waals surface area contributed by atoms with E-state index in [0.717, 1.165) is 0 Å². The Morgan fingerprint density at radius 3 is 2.82 bits per heavy atom. The SMILES string of the molecule is O=c1oc2ncccc2c2c3c4occc4c(F)cc3n(Cc3cc4c(cc3Cl)OCO4)c12. The molecular weight excluding hydrogens is 451 g/mol. The normalized spacial score (nSPS) is 13.2. The number of hydrogen-bond acceptors (Lipinski definition) is 6. The summed E-state index contributed by atoms with van der Waals surface area (Å²) >= 11 is 6.52. The summed E-state index contributed by atoms with van der Waals surface area (Å²) in [4.78, 5) is 17.4. The van der Waals surface area contributed by atoms with Crippen molar-refractivity contribution in [1.82, 2.24) is 9.55 Å². The highest BCUT2D eigenvalue weighted by molar-refractivity contribution is 6.31. The van der Waals surface area contributed by atoms with E-state index in [-0.39, 0.29) is 24.6 Å². The zero-order valence-corrected chi connectivity index (χ0v) is 17.5. The van der Waals surface area contributed by atoms with Gasteiger partial charge in [0.15, 0.2) is 11.5 Å². The molecule has 0 spiro atoms. The van der Waals surface area contributed by atoms with Crippen molar-refractivity contribution < 1.29 is 22.7 Å². The number of ether oxygens (including phenoxy) is 2. The van der Waals surface area contributed by atoms with Gasteiger partial charge in [0, 0.05) is 28.1 Å². The summed E-state index contributed by atoms with van der Waals surface area (Å²) in [6.07, 6.45) is 2.97. The molecule has 0 saturated heterocycles. The van der Waals surface area contributed by atoms with E-state index in [1.165, 1.54) is 12.3 Å². The van der Waals surface area contributed by atoms with Crippen molar-refractivity contribution in [2.24, 2.45) is 0 Å². The van der Waals surface area contributed by atoms with Crippen molar-refractivity contribution in [3.05, 3.63) is 75.7 Å². The molecule has 0 saturated carbocycles. The summed E-state index contributed by atoms with van der Waals surface area (Å²) in [7, 11) is 0. The van der Waals surface area contributed by atoms with Gasteiger partial charge in [0.05, 0.1) is 29.1 Å². The number of halogens is 2. The van der Waals surface area contributed by atoms with Crippen LogP contribution in [0.25, 0.3) is 43.9 Å². The average Bonchev–Trinajstić information content (AvgIpc) is 3.52. The molecule has 0 aliphatic carbocycles. The average molecular weight is 463 g/mol. The molecule has 6 aromatic rings. The molecule has 1 aliphatic rings. The third-order valence-corrected chi connectivity index (χ3v) is 6.36. The molecule has 0 N–H and O–H groups in total. The second-order valence-electron chi connectivity index (χ2n) is 7.77. The highest BCUT2D eigenvalue weighted by atomic mass is 35.5. The van der Waals surface area contributed by atoms with Crippen LogP contribution in [0.2, 0.25) is 5.02 Å². The largest absolute Gasteiger partial charge is 0.463 e. The lowest BCUT2D eigenvalue weighted by Gasteiger charge is -2.10. The topological polar surface area (TPSA) is 79.6 Å². The second-order valence-corrected chi connectivity index (χ2v) is 8.18. The molecule has 0 radical (unpaired) electrons. The molecule has 1 aliphatic heterocycles. The molecule has 7 nitrogen and oxygen atoms in total. The molecular formula is C24H12ClFN2O5. The van der Waals surface area contributed by atoms with Crippen LogP contribution in [0.1, 0.15) is 5.56 Å². The van der Waals surface area contributed by atoms with E-state index in [4.69, 9.17) is 29.9 Å². The Kier molecular flexibility index (Phi) is 3.64. The van der Waals surface area contributed by atoms with Gasteiger partial charge >= 0.3 is 5.63 Å². The zero-order chi connectivity index (χ0) is 22.3. The van der Waals surface area contributed by atoms with Crippen molar-refractivity contribution in [3.8, 4) is 11.5 Å². The van der Waals surface area contributed by atoms with Crippen molar-refractivity contribution in [2.75, 3.05) is 6.79 Å². The van der Waals surface area contributed by atoms with Crippen molar-refractivity contribution in [2.45, 2.75) is 6.54 Å². The van der Waals surface area contributed by atoms with Crippen molar-refractivity contribution >= 4 is 55.5 Å². The van der Waals surface area contributed by atoms with E-state index in [1.807, 2.05) is 6.07 Å². The van der Waals surface area contributed by atoms with Gasteiger partial charge in [0.25, 0.3) is 0 Å². The second kappa shape index (κ2) is 6.49. The van der Waals surface area contributed by atoms with Gasteiger partial charge in [-0.1, -0.05) is 11.6 Å². The van der Waals surface area contributed by atoms with Crippen LogP contribution in [0.4, 0.5) is 4.39 Å². The van der Waals surface area contributed by atoms with Crippen molar-refractivity contribution in [3.63, 3.8) is 0 Å². The van der Waals surface area contributed by atoms with E-state index in [9.17, 15) is 4.79 Å². The van der Waals surface area contributed by atoms with Crippen LogP contribution in [-0.2, 0) is 6.54 Å². The van der Waals surface area contributed by atoms with E-state index in [2.05, 4.69) is 4.98 Å². The van der Waals surface area contributed by atoms with Crippen LogP contribution in [0.5, 0.6) is 11.5 Å². The highest BCUT2D eigenvalue weighted by Gasteiger charge is 2.25. The van der Waals surface area contributed by atoms with Gasteiger partial charge in [-0.15, -0.1) is 0 Å². The van der Waals surface area contributed by atoms with Gasteiger partial charge in [-0.05, 0) is 35.9 Å². The van der Waals surface area contributed by atoms with E-state index < -0.39 is 11.4 Å². The maximum absolute atomic E-state index is 15.0. The molecule has 0 bridgehead atoms. The monoisotopic (exact) mass is 462 g/mol. The number of benzene rings is 2. The predicted octanol–water partition coefficient (Wildman–Crippen LogP) is 5.61. The number of aromatic nitrogens is 2. The van der Waals surface area contributed by atoms with E-state index in [0.29, 0.717) is 54.7 Å². The van der Waals surface area contributed by atoms with Gasteiger partial charge in [-0.3, -0.25) is 0 Å². The van der Waals surface area contributed by atoms with Gasteiger partial charge < -0.3 is 22.9 Å². The summed E-state index contributed by atoms with van der Waals surface area (Å²) in [5, 5.41) is 2.57. The van der Waals surface area contributed by atoms with Crippen LogP contribution < -0.4 is 15.1 Å². The quantitative estimate of drug-likeness (QED) is 0.332. The molecule has 7 rings (SSSR count). The first kappa shape index (κ1) is 18.5. The number of nitrogens with zero attached hydrogens (tertiary/aromatic N) is 2. The molecule has 0 amide bonds. The maximum Gasteiger partial charge on any atom is 0.362 e. The summed E-state index contributed by atoms with van der Waals surface area (Å²) in [5.74, 6) is 0.640. The predicted molar refractivity (Wildman–Crippen MR) is 120 cm³/mol. The first-order valence-corrected chi connectivity index (χ1v) is 10.5.